The van der Waals surface area contributed by atoms with Gasteiger partial charge in [0.25, 0.3) is 10.1 Å². The van der Waals surface area contributed by atoms with Crippen LogP contribution in [0.3, 0.4) is 0 Å². The summed E-state index contributed by atoms with van der Waals surface area (Å²) in [5, 5.41) is 8.08. The Morgan fingerprint density at radius 1 is 1.23 bits per heavy atom. The second kappa shape index (κ2) is 5.23. The quantitative estimate of drug-likeness (QED) is 0.821. The van der Waals surface area contributed by atoms with Gasteiger partial charge in [0.2, 0.25) is 5.13 Å². The maximum absolute atomic E-state index is 11.1. The molecule has 0 atom stereocenters. The molecule has 0 fully saturated rings. The van der Waals surface area contributed by atoms with E-state index in [-0.39, 0.29) is 4.90 Å². The third-order valence-corrected chi connectivity index (χ3v) is 5.01. The number of rotatable bonds is 3. The summed E-state index contributed by atoms with van der Waals surface area (Å²) in [6.07, 6.45) is 1.50. The summed E-state index contributed by atoms with van der Waals surface area (Å²) in [7, 11) is -4.21. The second-order valence-corrected chi connectivity index (χ2v) is 7.19. The van der Waals surface area contributed by atoms with Crippen LogP contribution in [-0.4, -0.2) is 24.3 Å². The zero-order valence-corrected chi connectivity index (χ0v) is 13.4. The molecule has 3 rings (SSSR count). The van der Waals surface area contributed by atoms with Crippen LogP contribution < -0.4 is 15.7 Å². The molecule has 116 valence electrons. The minimum Gasteiger partial charge on any atom is -0.282 e. The number of hydrazine groups is 2. The molecule has 2 N–H and O–H groups in total. The molecule has 10 heteroatoms. The van der Waals surface area contributed by atoms with Crippen molar-refractivity contribution in [3.05, 3.63) is 34.8 Å². The molecule has 0 spiro atoms. The van der Waals surface area contributed by atoms with Gasteiger partial charge in [-0.05, 0) is 38.1 Å². The number of thiazole rings is 1. The number of hydrogen-bond donors (Lipinski definition) is 2. The molecule has 1 aliphatic heterocycles. The zero-order valence-electron chi connectivity index (χ0n) is 11.8. The van der Waals surface area contributed by atoms with Crippen molar-refractivity contribution in [3.63, 3.8) is 0 Å². The molecular formula is C12H13N5O3S2. The van der Waals surface area contributed by atoms with Gasteiger partial charge in [-0.25, -0.2) is 4.98 Å². The molecule has 0 saturated carbocycles. The predicted molar refractivity (Wildman–Crippen MR) is 84.4 cm³/mol. The molecule has 0 amide bonds. The molecule has 2 heterocycles. The van der Waals surface area contributed by atoms with E-state index in [2.05, 4.69) is 15.5 Å². The highest BCUT2D eigenvalue weighted by molar-refractivity contribution is 7.85. The average Bonchev–Trinajstić information content (AvgIpc) is 3.06. The molecule has 0 radical (unpaired) electrons. The van der Waals surface area contributed by atoms with Crippen molar-refractivity contribution in [1.29, 1.82) is 0 Å². The molecule has 0 saturated heterocycles. The van der Waals surface area contributed by atoms with Gasteiger partial charge >= 0.3 is 0 Å². The molecule has 0 bridgehead atoms. The first-order valence-electron chi connectivity index (χ1n) is 6.26. The van der Waals surface area contributed by atoms with E-state index < -0.39 is 10.1 Å². The molecule has 1 aliphatic rings. The van der Waals surface area contributed by atoms with Crippen molar-refractivity contribution in [2.75, 3.05) is 10.2 Å². The number of aryl methyl sites for hydroxylation is 2. The Morgan fingerprint density at radius 3 is 2.45 bits per heavy atom. The monoisotopic (exact) mass is 339 g/mol. The largest absolute Gasteiger partial charge is 0.294 e. The smallest absolute Gasteiger partial charge is 0.282 e. The van der Waals surface area contributed by atoms with Gasteiger partial charge in [0, 0.05) is 4.88 Å². The maximum atomic E-state index is 11.1. The lowest BCUT2D eigenvalue weighted by Crippen LogP contribution is -2.42. The third-order valence-electron chi connectivity index (χ3n) is 3.10. The fourth-order valence-electron chi connectivity index (χ4n) is 1.86. The Kier molecular flexibility index (Phi) is 3.51. The molecule has 2 aromatic rings. The van der Waals surface area contributed by atoms with Crippen molar-refractivity contribution >= 4 is 38.6 Å². The highest BCUT2D eigenvalue weighted by Crippen LogP contribution is 2.29. The van der Waals surface area contributed by atoms with Crippen LogP contribution in [0.15, 0.2) is 34.3 Å². The van der Waals surface area contributed by atoms with Crippen LogP contribution in [0.1, 0.15) is 10.6 Å². The van der Waals surface area contributed by atoms with Gasteiger partial charge in [-0.1, -0.05) is 11.3 Å². The Morgan fingerprint density at radius 2 is 1.91 bits per heavy atom. The van der Waals surface area contributed by atoms with Gasteiger partial charge in [0.15, 0.2) is 0 Å². The SMILES string of the molecule is Cc1nc(N2N=CNN2c2ccc(S(=O)(=O)O)cc2)sc1C. The minimum atomic E-state index is -4.21. The molecule has 8 nitrogen and oxygen atoms in total. The maximum Gasteiger partial charge on any atom is 0.294 e. The molecule has 1 aromatic heterocycles. The van der Waals surface area contributed by atoms with Gasteiger partial charge in [0.05, 0.1) is 16.3 Å². The normalized spacial score (nSPS) is 14.5. The van der Waals surface area contributed by atoms with E-state index in [1.807, 2.05) is 13.8 Å². The summed E-state index contributed by atoms with van der Waals surface area (Å²) in [4.78, 5) is 5.37. The average molecular weight is 339 g/mol. The highest BCUT2D eigenvalue weighted by Gasteiger charge is 2.24. The van der Waals surface area contributed by atoms with Crippen LogP contribution in [0, 0.1) is 13.8 Å². The number of anilines is 2. The van der Waals surface area contributed by atoms with Crippen molar-refractivity contribution in [2.45, 2.75) is 18.7 Å². The van der Waals surface area contributed by atoms with Crippen LogP contribution in [0.4, 0.5) is 10.8 Å². The summed E-state index contributed by atoms with van der Waals surface area (Å²) in [6, 6.07) is 5.76. The topological polar surface area (TPSA) is 98.1 Å². The lowest BCUT2D eigenvalue weighted by atomic mass is 10.3. The van der Waals surface area contributed by atoms with E-state index in [1.54, 1.807) is 22.4 Å². The highest BCUT2D eigenvalue weighted by atomic mass is 32.2. The first-order valence-corrected chi connectivity index (χ1v) is 8.52. The Labute approximate surface area is 131 Å². The second-order valence-electron chi connectivity index (χ2n) is 4.58. The van der Waals surface area contributed by atoms with E-state index in [4.69, 9.17) is 4.55 Å². The summed E-state index contributed by atoms with van der Waals surface area (Å²) in [5.41, 5.74) is 4.51. The van der Waals surface area contributed by atoms with E-state index in [1.165, 1.54) is 29.8 Å². The van der Waals surface area contributed by atoms with Gasteiger partial charge in [-0.2, -0.15) is 13.5 Å². The summed E-state index contributed by atoms with van der Waals surface area (Å²) in [6.45, 7) is 3.91. The van der Waals surface area contributed by atoms with Crippen LogP contribution in [0.5, 0.6) is 0 Å². The van der Waals surface area contributed by atoms with Gasteiger partial charge in [-0.3, -0.25) is 9.98 Å². The number of nitrogens with one attached hydrogen (secondary N) is 1. The standard InChI is InChI=1S/C12H13N5O3S2/c1-8-9(2)21-12(15-8)17-14-7-13-16(17)10-3-5-11(6-4-10)22(18,19)20/h3-7H,1-2H3,(H,13,14)(H,18,19,20). The van der Waals surface area contributed by atoms with Crippen LogP contribution in [0.2, 0.25) is 0 Å². The Hall–Kier alpha value is -2.17. The van der Waals surface area contributed by atoms with E-state index in [0.29, 0.717) is 10.8 Å². The van der Waals surface area contributed by atoms with Crippen molar-refractivity contribution < 1.29 is 13.0 Å². The van der Waals surface area contributed by atoms with Crippen LogP contribution in [0.25, 0.3) is 0 Å². The lowest BCUT2D eigenvalue weighted by molar-refractivity contribution is 0.483. The van der Waals surface area contributed by atoms with E-state index in [0.717, 1.165) is 10.6 Å². The van der Waals surface area contributed by atoms with Gasteiger partial charge in [0.1, 0.15) is 6.34 Å². The number of aromatic nitrogens is 1. The fourth-order valence-corrected chi connectivity index (χ4v) is 3.20. The third kappa shape index (κ3) is 2.63. The molecular weight excluding hydrogens is 326 g/mol. The molecule has 22 heavy (non-hydrogen) atoms. The lowest BCUT2D eigenvalue weighted by Gasteiger charge is -2.25. The Bertz CT molecular complexity index is 809. The van der Waals surface area contributed by atoms with Crippen molar-refractivity contribution in [1.82, 2.24) is 10.4 Å². The molecule has 0 unspecified atom stereocenters. The van der Waals surface area contributed by atoms with E-state index in [9.17, 15) is 8.42 Å². The number of nitrogens with zero attached hydrogens (tertiary/aromatic N) is 4. The van der Waals surface area contributed by atoms with E-state index >= 15 is 0 Å². The number of benzene rings is 1. The summed E-state index contributed by atoms with van der Waals surface area (Å²) in [5.74, 6) is 0. The first-order chi connectivity index (χ1) is 10.4. The first kappa shape index (κ1) is 14.8. The summed E-state index contributed by atoms with van der Waals surface area (Å²) < 4.78 is 31.2. The minimum absolute atomic E-state index is 0.163. The predicted octanol–water partition coefficient (Wildman–Crippen LogP) is 1.70. The van der Waals surface area contributed by atoms with Crippen molar-refractivity contribution in [2.24, 2.45) is 5.10 Å². The molecule has 1 aromatic carbocycles. The number of hydrogen-bond acceptors (Lipinski definition) is 8. The summed E-state index contributed by atoms with van der Waals surface area (Å²) >= 11 is 1.50. The van der Waals surface area contributed by atoms with Crippen LogP contribution >= 0.6 is 11.3 Å². The zero-order chi connectivity index (χ0) is 15.9. The number of hydrazone groups is 1. The van der Waals surface area contributed by atoms with Gasteiger partial charge < -0.3 is 0 Å². The van der Waals surface area contributed by atoms with Gasteiger partial charge in [-0.15, -0.1) is 10.2 Å². The fraction of sp³-hybridized carbons (Fsp3) is 0.167. The Balaban J connectivity index is 1.91. The molecule has 0 aliphatic carbocycles. The van der Waals surface area contributed by atoms with Crippen molar-refractivity contribution in [3.8, 4) is 0 Å². The van der Waals surface area contributed by atoms with Crippen LogP contribution in [-0.2, 0) is 10.1 Å².